The molecule has 4 heteroatoms. The molecule has 0 fully saturated rings. The summed E-state index contributed by atoms with van der Waals surface area (Å²) in [5.41, 5.74) is 0.997. The monoisotopic (exact) mass is 300 g/mol. The second-order valence-corrected chi connectivity index (χ2v) is 5.30. The molecule has 0 N–H and O–H groups in total. The highest BCUT2D eigenvalue weighted by molar-refractivity contribution is 6.35. The minimum absolute atomic E-state index is 0.0639. The van der Waals surface area contributed by atoms with Crippen LogP contribution in [0.2, 0.25) is 0 Å². The van der Waals surface area contributed by atoms with Gasteiger partial charge in [0.2, 0.25) is 0 Å². The van der Waals surface area contributed by atoms with Gasteiger partial charge in [-0.15, -0.1) is 13.2 Å². The molecule has 22 heavy (non-hydrogen) atoms. The van der Waals surface area contributed by atoms with Crippen molar-refractivity contribution in [3.05, 3.63) is 61.2 Å². The van der Waals surface area contributed by atoms with Gasteiger partial charge in [0, 0.05) is 25.7 Å². The zero-order valence-corrected chi connectivity index (χ0v) is 13.4. The molecule has 1 aromatic rings. The van der Waals surface area contributed by atoms with Crippen LogP contribution in [0.15, 0.2) is 55.6 Å². The standard InChI is InChI=1S/C18H24N2O2/c1-5-12-19(13-6-2)17(21)18(22)20(15(3)4)14-16-10-8-7-9-11-16/h5-11,15H,1-2,12-14H2,3-4H3. The molecule has 0 radical (unpaired) electrons. The van der Waals surface area contributed by atoms with Gasteiger partial charge in [0.25, 0.3) is 0 Å². The maximum Gasteiger partial charge on any atom is 0.312 e. The maximum absolute atomic E-state index is 12.5. The van der Waals surface area contributed by atoms with Crippen molar-refractivity contribution in [3.63, 3.8) is 0 Å². The molecule has 0 aliphatic rings. The minimum atomic E-state index is -0.524. The number of amides is 2. The predicted molar refractivity (Wildman–Crippen MR) is 89.1 cm³/mol. The normalized spacial score (nSPS) is 10.1. The number of carbonyl (C=O) groups is 2. The first-order valence-electron chi connectivity index (χ1n) is 7.36. The Hall–Kier alpha value is -2.36. The molecular weight excluding hydrogens is 276 g/mol. The van der Waals surface area contributed by atoms with Gasteiger partial charge < -0.3 is 9.80 Å². The molecule has 0 saturated carbocycles. The Morgan fingerprint density at radius 1 is 1.05 bits per heavy atom. The Balaban J connectivity index is 2.90. The summed E-state index contributed by atoms with van der Waals surface area (Å²) < 4.78 is 0. The van der Waals surface area contributed by atoms with Crippen molar-refractivity contribution < 1.29 is 9.59 Å². The lowest BCUT2D eigenvalue weighted by Gasteiger charge is -2.29. The second-order valence-electron chi connectivity index (χ2n) is 5.30. The number of benzene rings is 1. The number of carbonyl (C=O) groups excluding carboxylic acids is 2. The van der Waals surface area contributed by atoms with Crippen LogP contribution in [0.25, 0.3) is 0 Å². The fourth-order valence-electron chi connectivity index (χ4n) is 2.08. The topological polar surface area (TPSA) is 40.6 Å². The van der Waals surface area contributed by atoms with Crippen LogP contribution in [0.3, 0.4) is 0 Å². The Bertz CT molecular complexity index is 513. The van der Waals surface area contributed by atoms with Crippen LogP contribution in [0, 0.1) is 0 Å². The smallest absolute Gasteiger partial charge is 0.312 e. The zero-order chi connectivity index (χ0) is 16.5. The third kappa shape index (κ3) is 4.88. The second kappa shape index (κ2) is 8.82. The fraction of sp³-hybridized carbons (Fsp3) is 0.333. The molecule has 1 aromatic carbocycles. The van der Waals surface area contributed by atoms with E-state index < -0.39 is 11.8 Å². The van der Waals surface area contributed by atoms with E-state index in [-0.39, 0.29) is 6.04 Å². The molecule has 0 aliphatic heterocycles. The summed E-state index contributed by atoms with van der Waals surface area (Å²) in [6, 6.07) is 9.58. The molecule has 4 nitrogen and oxygen atoms in total. The van der Waals surface area contributed by atoms with Crippen LogP contribution < -0.4 is 0 Å². The van der Waals surface area contributed by atoms with Crippen LogP contribution in [0.4, 0.5) is 0 Å². The van der Waals surface area contributed by atoms with Gasteiger partial charge in [-0.05, 0) is 19.4 Å². The summed E-state index contributed by atoms with van der Waals surface area (Å²) in [5, 5.41) is 0. The molecular formula is C18H24N2O2. The maximum atomic E-state index is 12.5. The van der Waals surface area contributed by atoms with Crippen molar-refractivity contribution in [3.8, 4) is 0 Å². The lowest BCUT2D eigenvalue weighted by molar-refractivity contribution is -0.152. The molecule has 0 aliphatic carbocycles. The van der Waals surface area contributed by atoms with E-state index >= 15 is 0 Å². The summed E-state index contributed by atoms with van der Waals surface area (Å²) in [7, 11) is 0. The molecule has 0 unspecified atom stereocenters. The number of hydrogen-bond donors (Lipinski definition) is 0. The van der Waals surface area contributed by atoms with Gasteiger partial charge in [0.05, 0.1) is 0 Å². The van der Waals surface area contributed by atoms with Crippen molar-refractivity contribution in [1.82, 2.24) is 9.80 Å². The highest BCUT2D eigenvalue weighted by Gasteiger charge is 2.27. The van der Waals surface area contributed by atoms with Crippen LogP contribution in [0.5, 0.6) is 0 Å². The van der Waals surface area contributed by atoms with E-state index in [1.165, 1.54) is 4.90 Å². The summed E-state index contributed by atoms with van der Waals surface area (Å²) in [6.45, 7) is 12.1. The van der Waals surface area contributed by atoms with Crippen LogP contribution in [-0.4, -0.2) is 40.7 Å². The van der Waals surface area contributed by atoms with Crippen molar-refractivity contribution >= 4 is 11.8 Å². The first kappa shape index (κ1) is 17.7. The van der Waals surface area contributed by atoms with Crippen molar-refractivity contribution in [2.75, 3.05) is 13.1 Å². The van der Waals surface area contributed by atoms with Crippen LogP contribution >= 0.6 is 0 Å². The Morgan fingerprint density at radius 3 is 2.05 bits per heavy atom. The van der Waals surface area contributed by atoms with E-state index in [4.69, 9.17) is 0 Å². The van der Waals surface area contributed by atoms with E-state index in [1.807, 2.05) is 44.2 Å². The van der Waals surface area contributed by atoms with Gasteiger partial charge in [-0.25, -0.2) is 0 Å². The van der Waals surface area contributed by atoms with Crippen molar-refractivity contribution in [2.24, 2.45) is 0 Å². The van der Waals surface area contributed by atoms with Gasteiger partial charge in [-0.3, -0.25) is 9.59 Å². The largest absolute Gasteiger partial charge is 0.328 e. The Morgan fingerprint density at radius 2 is 1.59 bits per heavy atom. The third-order valence-electron chi connectivity index (χ3n) is 3.25. The van der Waals surface area contributed by atoms with Gasteiger partial charge in [-0.1, -0.05) is 42.5 Å². The highest BCUT2D eigenvalue weighted by Crippen LogP contribution is 2.10. The first-order chi connectivity index (χ1) is 10.5. The number of hydrogen-bond acceptors (Lipinski definition) is 2. The lowest BCUT2D eigenvalue weighted by atomic mass is 10.2. The van der Waals surface area contributed by atoms with Gasteiger partial charge in [-0.2, -0.15) is 0 Å². The summed E-state index contributed by atoms with van der Waals surface area (Å²) in [5.74, 6) is -1.02. The molecule has 0 saturated heterocycles. The molecule has 0 spiro atoms. The van der Waals surface area contributed by atoms with E-state index in [9.17, 15) is 9.59 Å². The quantitative estimate of drug-likeness (QED) is 0.574. The Labute approximate surface area is 132 Å². The van der Waals surface area contributed by atoms with E-state index in [0.717, 1.165) is 5.56 Å². The molecule has 0 bridgehead atoms. The van der Waals surface area contributed by atoms with E-state index in [2.05, 4.69) is 13.2 Å². The van der Waals surface area contributed by atoms with Crippen LogP contribution in [0.1, 0.15) is 19.4 Å². The molecule has 118 valence electrons. The molecule has 0 atom stereocenters. The Kier molecular flexibility index (Phi) is 7.09. The van der Waals surface area contributed by atoms with E-state index in [1.54, 1.807) is 17.1 Å². The zero-order valence-electron chi connectivity index (χ0n) is 13.4. The molecule has 0 heterocycles. The SMILES string of the molecule is C=CCN(CC=C)C(=O)C(=O)N(Cc1ccccc1)C(C)C. The number of nitrogens with zero attached hydrogens (tertiary/aromatic N) is 2. The van der Waals surface area contributed by atoms with Gasteiger partial charge in [0.15, 0.2) is 0 Å². The van der Waals surface area contributed by atoms with Gasteiger partial charge in [0.1, 0.15) is 0 Å². The third-order valence-corrected chi connectivity index (χ3v) is 3.25. The highest BCUT2D eigenvalue weighted by atomic mass is 16.2. The molecule has 2 amide bonds. The fourth-order valence-corrected chi connectivity index (χ4v) is 2.08. The van der Waals surface area contributed by atoms with Crippen molar-refractivity contribution in [2.45, 2.75) is 26.4 Å². The van der Waals surface area contributed by atoms with Crippen molar-refractivity contribution in [1.29, 1.82) is 0 Å². The molecule has 0 aromatic heterocycles. The number of rotatable bonds is 7. The average Bonchev–Trinajstić information content (AvgIpc) is 2.51. The summed E-state index contributed by atoms with van der Waals surface area (Å²) in [4.78, 5) is 28.0. The molecule has 1 rings (SSSR count). The average molecular weight is 300 g/mol. The predicted octanol–water partition coefficient (Wildman–Crippen LogP) is 2.62. The first-order valence-corrected chi connectivity index (χ1v) is 7.36. The van der Waals surface area contributed by atoms with E-state index in [0.29, 0.717) is 19.6 Å². The summed E-state index contributed by atoms with van der Waals surface area (Å²) in [6.07, 6.45) is 3.21. The lowest BCUT2D eigenvalue weighted by Crippen LogP contribution is -2.47. The van der Waals surface area contributed by atoms with Crippen LogP contribution in [-0.2, 0) is 16.1 Å². The summed E-state index contributed by atoms with van der Waals surface area (Å²) >= 11 is 0. The minimum Gasteiger partial charge on any atom is -0.328 e. The van der Waals surface area contributed by atoms with Gasteiger partial charge >= 0.3 is 11.8 Å².